The van der Waals surface area contributed by atoms with Crippen LogP contribution in [0.2, 0.25) is 0 Å². The molecular weight excluding hydrogens is 495 g/mol. The predicted octanol–water partition coefficient (Wildman–Crippen LogP) is 4.99. The molecule has 4 rings (SSSR count). The molecule has 7 nitrogen and oxygen atoms in total. The molecule has 2 amide bonds. The molecular formula is C25H22F3N3O4S. The number of nitriles is 1. The highest BCUT2D eigenvalue weighted by Gasteiger charge is 2.45. The fourth-order valence-electron chi connectivity index (χ4n) is 4.78. The second-order valence-electron chi connectivity index (χ2n) is 8.63. The number of nitrogens with zero attached hydrogens (tertiary/aromatic N) is 3. The number of amides is 2. The molecule has 0 saturated carbocycles. The minimum atomic E-state index is -4.63. The van der Waals surface area contributed by atoms with E-state index in [0.29, 0.717) is 6.42 Å². The van der Waals surface area contributed by atoms with Gasteiger partial charge in [0.2, 0.25) is 0 Å². The molecule has 1 aliphatic carbocycles. The molecule has 1 aliphatic heterocycles. The van der Waals surface area contributed by atoms with E-state index in [1.807, 2.05) is 6.07 Å². The van der Waals surface area contributed by atoms with Crippen LogP contribution in [0.15, 0.2) is 58.6 Å². The summed E-state index contributed by atoms with van der Waals surface area (Å²) in [7, 11) is -3.87. The highest BCUT2D eigenvalue weighted by Crippen LogP contribution is 2.46. The number of carbonyl (C=O) groups excluding carboxylic acids is 2. The molecule has 1 heterocycles. The van der Waals surface area contributed by atoms with E-state index in [0.717, 1.165) is 23.3 Å². The third-order valence-electron chi connectivity index (χ3n) is 6.33. The normalized spacial score (nSPS) is 18.8. The van der Waals surface area contributed by atoms with Crippen molar-refractivity contribution in [3.8, 4) is 6.07 Å². The van der Waals surface area contributed by atoms with E-state index in [1.54, 1.807) is 6.92 Å². The number of hydrogen-bond acceptors (Lipinski definition) is 5. The number of carbonyl (C=O) groups is 2. The standard InChI is InChI=1S/C25H22F3N3O4S/c1-3-30-23(18-11-10-15(14-29)12-21(18)36(2,34)35)22-19(8-5-9-20(22)32)31(24(30)33)17-7-4-6-16(13-17)25(26,27)28/h4,6-7,10-13,23H,3,5,8-9H2,1-2H3. The first-order valence-electron chi connectivity index (χ1n) is 11.2. The number of ketones is 1. The number of allylic oxidation sites excluding steroid dienone is 1. The molecule has 0 aromatic heterocycles. The van der Waals surface area contributed by atoms with Crippen molar-refractivity contribution in [1.29, 1.82) is 5.26 Å². The highest BCUT2D eigenvalue weighted by atomic mass is 32.2. The SMILES string of the molecule is CCN1C(=O)N(c2cccc(C(F)(F)F)c2)C2=C(C(=O)CCC2)C1c1ccc(C#N)cc1S(C)(=O)=O. The zero-order chi connectivity index (χ0) is 26.4. The second-order valence-corrected chi connectivity index (χ2v) is 10.6. The van der Waals surface area contributed by atoms with Crippen LogP contribution in [0.1, 0.15) is 48.9 Å². The highest BCUT2D eigenvalue weighted by molar-refractivity contribution is 7.90. The lowest BCUT2D eigenvalue weighted by Gasteiger charge is -2.45. The summed E-state index contributed by atoms with van der Waals surface area (Å²) in [4.78, 5) is 29.3. The Morgan fingerprint density at radius 3 is 2.44 bits per heavy atom. The van der Waals surface area contributed by atoms with Crippen molar-refractivity contribution < 1.29 is 31.2 Å². The number of alkyl halides is 3. The second kappa shape index (κ2) is 9.09. The summed E-state index contributed by atoms with van der Waals surface area (Å²) in [5.74, 6) is -0.312. The topological polar surface area (TPSA) is 98.5 Å². The van der Waals surface area contributed by atoms with Gasteiger partial charge in [0.15, 0.2) is 15.6 Å². The quantitative estimate of drug-likeness (QED) is 0.569. The molecule has 0 radical (unpaired) electrons. The first kappa shape index (κ1) is 25.4. The van der Waals surface area contributed by atoms with Gasteiger partial charge in [0.05, 0.1) is 33.8 Å². The van der Waals surface area contributed by atoms with E-state index in [9.17, 15) is 36.4 Å². The molecule has 0 N–H and O–H groups in total. The largest absolute Gasteiger partial charge is 0.416 e. The van der Waals surface area contributed by atoms with Crippen LogP contribution in [0.4, 0.5) is 23.7 Å². The third-order valence-corrected chi connectivity index (χ3v) is 7.48. The lowest BCUT2D eigenvalue weighted by atomic mass is 9.83. The van der Waals surface area contributed by atoms with Crippen molar-refractivity contribution in [3.05, 3.63) is 70.4 Å². The van der Waals surface area contributed by atoms with Gasteiger partial charge in [0, 0.05) is 30.5 Å². The molecule has 0 bridgehead atoms. The van der Waals surface area contributed by atoms with Crippen molar-refractivity contribution in [2.45, 2.75) is 43.3 Å². The maximum Gasteiger partial charge on any atom is 0.416 e. The number of rotatable bonds is 4. The van der Waals surface area contributed by atoms with Crippen LogP contribution < -0.4 is 4.90 Å². The Labute approximate surface area is 206 Å². The Morgan fingerprint density at radius 2 is 1.83 bits per heavy atom. The Morgan fingerprint density at radius 1 is 1.11 bits per heavy atom. The van der Waals surface area contributed by atoms with E-state index in [-0.39, 0.29) is 58.1 Å². The summed E-state index contributed by atoms with van der Waals surface area (Å²) >= 11 is 0. The Kier molecular flexibility index (Phi) is 6.43. The lowest BCUT2D eigenvalue weighted by Crippen LogP contribution is -2.52. The summed E-state index contributed by atoms with van der Waals surface area (Å²) in [5.41, 5.74) is -0.271. The maximum atomic E-state index is 13.8. The van der Waals surface area contributed by atoms with Gasteiger partial charge in [-0.15, -0.1) is 0 Å². The van der Waals surface area contributed by atoms with Gasteiger partial charge in [-0.3, -0.25) is 9.69 Å². The lowest BCUT2D eigenvalue weighted by molar-refractivity contribution is -0.137. The summed E-state index contributed by atoms with van der Waals surface area (Å²) in [6, 6.07) is 8.52. The number of benzene rings is 2. The number of Topliss-reactive ketones (excluding diaryl/α,β-unsaturated/α-hetero) is 1. The molecule has 1 unspecified atom stereocenters. The van der Waals surface area contributed by atoms with Crippen molar-refractivity contribution in [2.24, 2.45) is 0 Å². The van der Waals surface area contributed by atoms with Gasteiger partial charge in [-0.2, -0.15) is 18.4 Å². The number of hydrogen-bond donors (Lipinski definition) is 0. The molecule has 2 aromatic carbocycles. The Balaban J connectivity index is 2.01. The average molecular weight is 518 g/mol. The molecule has 36 heavy (non-hydrogen) atoms. The number of urea groups is 1. The number of anilines is 1. The minimum Gasteiger partial charge on any atom is -0.313 e. The maximum absolute atomic E-state index is 13.8. The van der Waals surface area contributed by atoms with Crippen LogP contribution in [-0.2, 0) is 20.8 Å². The summed E-state index contributed by atoms with van der Waals surface area (Å²) < 4.78 is 65.6. The van der Waals surface area contributed by atoms with Gasteiger partial charge >= 0.3 is 12.2 Å². The molecule has 2 aromatic rings. The molecule has 0 spiro atoms. The van der Waals surface area contributed by atoms with Gasteiger partial charge in [0.1, 0.15) is 0 Å². The molecule has 2 aliphatic rings. The summed E-state index contributed by atoms with van der Waals surface area (Å²) in [6.07, 6.45) is -2.86. The fraction of sp³-hybridized carbons (Fsp3) is 0.320. The Hall–Kier alpha value is -3.65. The van der Waals surface area contributed by atoms with Crippen molar-refractivity contribution in [1.82, 2.24) is 4.90 Å². The van der Waals surface area contributed by atoms with Crippen LogP contribution in [0.25, 0.3) is 0 Å². The van der Waals surface area contributed by atoms with Crippen molar-refractivity contribution >= 4 is 27.3 Å². The zero-order valence-electron chi connectivity index (χ0n) is 19.5. The zero-order valence-corrected chi connectivity index (χ0v) is 20.3. The van der Waals surface area contributed by atoms with E-state index in [2.05, 4.69) is 0 Å². The van der Waals surface area contributed by atoms with Gasteiger partial charge in [0.25, 0.3) is 0 Å². The fourth-order valence-corrected chi connectivity index (χ4v) is 5.73. The molecule has 0 saturated heterocycles. The van der Waals surface area contributed by atoms with Gasteiger partial charge in [-0.1, -0.05) is 12.1 Å². The third kappa shape index (κ3) is 4.37. The first-order chi connectivity index (χ1) is 16.9. The summed E-state index contributed by atoms with van der Waals surface area (Å²) in [6.45, 7) is 1.68. The van der Waals surface area contributed by atoms with E-state index in [1.165, 1.54) is 35.2 Å². The first-order valence-corrected chi connectivity index (χ1v) is 13.1. The molecule has 1 atom stereocenters. The van der Waals surface area contributed by atoms with Gasteiger partial charge in [-0.05, 0) is 55.7 Å². The van der Waals surface area contributed by atoms with Crippen molar-refractivity contribution in [2.75, 3.05) is 17.7 Å². The Bertz CT molecular complexity index is 1440. The van der Waals surface area contributed by atoms with Crippen LogP contribution in [0.5, 0.6) is 0 Å². The van der Waals surface area contributed by atoms with Crippen LogP contribution >= 0.6 is 0 Å². The van der Waals surface area contributed by atoms with Crippen LogP contribution in [0, 0.1) is 11.3 Å². The van der Waals surface area contributed by atoms with E-state index >= 15 is 0 Å². The van der Waals surface area contributed by atoms with Gasteiger partial charge in [-0.25, -0.2) is 13.2 Å². The monoisotopic (exact) mass is 517 g/mol. The summed E-state index contributed by atoms with van der Waals surface area (Å²) in [5, 5.41) is 9.28. The number of halogens is 3. The molecule has 11 heteroatoms. The minimum absolute atomic E-state index is 0.0305. The number of sulfone groups is 1. The van der Waals surface area contributed by atoms with Crippen LogP contribution in [-0.4, -0.2) is 37.9 Å². The number of likely N-dealkylation sites (N-methyl/N-ethyl adjacent to an activating group) is 1. The van der Waals surface area contributed by atoms with E-state index in [4.69, 9.17) is 0 Å². The van der Waals surface area contributed by atoms with Gasteiger partial charge < -0.3 is 4.90 Å². The molecule has 188 valence electrons. The van der Waals surface area contributed by atoms with Crippen LogP contribution in [0.3, 0.4) is 0 Å². The average Bonchev–Trinajstić information content (AvgIpc) is 2.82. The van der Waals surface area contributed by atoms with Crippen molar-refractivity contribution in [3.63, 3.8) is 0 Å². The predicted molar refractivity (Wildman–Crippen MR) is 125 cm³/mol. The van der Waals surface area contributed by atoms with E-state index < -0.39 is 33.6 Å². The molecule has 0 fully saturated rings. The smallest absolute Gasteiger partial charge is 0.313 e.